The number of nitrogens with one attached hydrogen (secondary N) is 1. The molecule has 28 heavy (non-hydrogen) atoms. The number of nitrogens with zero attached hydrogens (tertiary/aromatic N) is 3. The highest BCUT2D eigenvalue weighted by atomic mass is 19.1. The number of aromatic nitrogens is 2. The molecule has 3 atom stereocenters. The molecule has 0 spiro atoms. The van der Waals surface area contributed by atoms with Crippen LogP contribution < -0.4 is 16.2 Å². The van der Waals surface area contributed by atoms with Crippen molar-refractivity contribution in [2.75, 3.05) is 44.0 Å². The molecule has 4 rings (SSSR count). The third-order valence-electron chi connectivity index (χ3n) is 5.51. The van der Waals surface area contributed by atoms with E-state index < -0.39 is 0 Å². The van der Waals surface area contributed by atoms with Crippen molar-refractivity contribution < 1.29 is 13.9 Å². The van der Waals surface area contributed by atoms with Crippen LogP contribution in [0.2, 0.25) is 0 Å². The monoisotopic (exact) mass is 387 g/mol. The number of methoxy groups -OCH3 is 1. The Balaban J connectivity index is 1.65. The summed E-state index contributed by atoms with van der Waals surface area (Å²) in [4.78, 5) is 34.8. The predicted molar refractivity (Wildman–Crippen MR) is 101 cm³/mol. The standard InChI is InChI=1S/C19H22FN5O3/c1-28-10-17(27)25-8-12-7-24(15-6-16(26)23-19(21)22-15)9-14(12)18(25)11-3-2-4-13(20)5-11/h2-6,12,14,18H,7-10H2,1H3,(H3,21,22,23,26)/t12-,14-,18+/m1/s1. The Morgan fingerprint density at radius 1 is 1.36 bits per heavy atom. The molecule has 3 N–H and O–H groups in total. The highest BCUT2D eigenvalue weighted by Crippen LogP contribution is 2.45. The predicted octanol–water partition coefficient (Wildman–Crippen LogP) is 0.773. The first-order valence-corrected chi connectivity index (χ1v) is 9.12. The molecule has 0 saturated carbocycles. The molecule has 2 fully saturated rings. The Hall–Kier alpha value is -2.94. The van der Waals surface area contributed by atoms with Gasteiger partial charge < -0.3 is 20.3 Å². The number of fused-ring (bicyclic) bond motifs is 1. The molecule has 0 unspecified atom stereocenters. The van der Waals surface area contributed by atoms with Gasteiger partial charge in [0, 0.05) is 44.6 Å². The Morgan fingerprint density at radius 3 is 2.89 bits per heavy atom. The number of hydrogen-bond acceptors (Lipinski definition) is 6. The van der Waals surface area contributed by atoms with E-state index in [4.69, 9.17) is 10.5 Å². The summed E-state index contributed by atoms with van der Waals surface area (Å²) in [7, 11) is 1.48. The number of benzene rings is 1. The Labute approximate surface area is 161 Å². The van der Waals surface area contributed by atoms with E-state index in [1.54, 1.807) is 11.0 Å². The molecule has 148 valence electrons. The molecule has 0 aliphatic carbocycles. The summed E-state index contributed by atoms with van der Waals surface area (Å²) in [6, 6.07) is 7.53. The second-order valence-corrected chi connectivity index (χ2v) is 7.30. The molecule has 8 nitrogen and oxygen atoms in total. The quantitative estimate of drug-likeness (QED) is 0.803. The van der Waals surface area contributed by atoms with E-state index in [-0.39, 0.29) is 47.7 Å². The topological polar surface area (TPSA) is 105 Å². The smallest absolute Gasteiger partial charge is 0.254 e. The average Bonchev–Trinajstić information content (AvgIpc) is 3.19. The van der Waals surface area contributed by atoms with E-state index in [1.807, 2.05) is 11.0 Å². The molecule has 9 heteroatoms. The molecule has 1 aromatic heterocycles. The number of rotatable bonds is 4. The van der Waals surface area contributed by atoms with E-state index in [0.29, 0.717) is 25.5 Å². The van der Waals surface area contributed by atoms with Crippen LogP contribution in [0.3, 0.4) is 0 Å². The number of nitrogen functional groups attached to an aromatic ring is 1. The van der Waals surface area contributed by atoms with Gasteiger partial charge in [-0.1, -0.05) is 12.1 Å². The molecular weight excluding hydrogens is 365 g/mol. The number of hydrogen-bond donors (Lipinski definition) is 2. The molecule has 0 radical (unpaired) electrons. The van der Waals surface area contributed by atoms with Gasteiger partial charge in [0.1, 0.15) is 18.2 Å². The molecule has 2 saturated heterocycles. The molecule has 3 heterocycles. The van der Waals surface area contributed by atoms with Crippen LogP contribution in [0.4, 0.5) is 16.2 Å². The van der Waals surface area contributed by atoms with Crippen molar-refractivity contribution in [1.29, 1.82) is 0 Å². The molecular formula is C19H22FN5O3. The van der Waals surface area contributed by atoms with Crippen LogP contribution >= 0.6 is 0 Å². The third-order valence-corrected chi connectivity index (χ3v) is 5.51. The lowest BCUT2D eigenvalue weighted by Crippen LogP contribution is -2.38. The van der Waals surface area contributed by atoms with Gasteiger partial charge >= 0.3 is 0 Å². The van der Waals surface area contributed by atoms with Gasteiger partial charge in [0.25, 0.3) is 5.56 Å². The second-order valence-electron chi connectivity index (χ2n) is 7.30. The molecule has 0 bridgehead atoms. The lowest BCUT2D eigenvalue weighted by molar-refractivity contribution is -0.136. The fourth-order valence-electron chi connectivity index (χ4n) is 4.44. The Kier molecular flexibility index (Phi) is 4.76. The van der Waals surface area contributed by atoms with Gasteiger partial charge in [-0.05, 0) is 17.7 Å². The maximum absolute atomic E-state index is 13.9. The minimum atomic E-state index is -0.334. The summed E-state index contributed by atoms with van der Waals surface area (Å²) in [5.74, 6) is 0.401. The van der Waals surface area contributed by atoms with Gasteiger partial charge in [-0.2, -0.15) is 4.98 Å². The van der Waals surface area contributed by atoms with Crippen molar-refractivity contribution in [1.82, 2.24) is 14.9 Å². The van der Waals surface area contributed by atoms with Gasteiger partial charge in [-0.15, -0.1) is 0 Å². The number of amides is 1. The number of halogens is 1. The van der Waals surface area contributed by atoms with Crippen molar-refractivity contribution in [3.8, 4) is 0 Å². The number of ether oxygens (including phenoxy) is 1. The minimum absolute atomic E-state index is 0.0128. The normalized spacial score (nSPS) is 23.9. The lowest BCUT2D eigenvalue weighted by Gasteiger charge is -2.30. The van der Waals surface area contributed by atoms with Crippen molar-refractivity contribution >= 4 is 17.7 Å². The molecule has 1 aromatic carbocycles. The van der Waals surface area contributed by atoms with Crippen LogP contribution in [0.15, 0.2) is 35.1 Å². The van der Waals surface area contributed by atoms with Gasteiger partial charge in [0.2, 0.25) is 11.9 Å². The fourth-order valence-corrected chi connectivity index (χ4v) is 4.44. The maximum atomic E-state index is 13.9. The molecule has 2 aromatic rings. The maximum Gasteiger partial charge on any atom is 0.254 e. The molecule has 2 aliphatic rings. The fraction of sp³-hybridized carbons (Fsp3) is 0.421. The number of H-pyrrole nitrogens is 1. The van der Waals surface area contributed by atoms with Gasteiger partial charge in [-0.3, -0.25) is 14.6 Å². The van der Waals surface area contributed by atoms with E-state index in [1.165, 1.54) is 25.3 Å². The largest absolute Gasteiger partial charge is 0.375 e. The van der Waals surface area contributed by atoms with Crippen molar-refractivity contribution in [2.24, 2.45) is 11.8 Å². The highest BCUT2D eigenvalue weighted by molar-refractivity contribution is 5.78. The SMILES string of the molecule is COCC(=O)N1C[C@H]2CN(c3cc(=O)[nH]c(N)n3)C[C@H]2[C@@H]1c1cccc(F)c1. The zero-order chi connectivity index (χ0) is 19.8. The van der Waals surface area contributed by atoms with Crippen molar-refractivity contribution in [3.63, 3.8) is 0 Å². The zero-order valence-corrected chi connectivity index (χ0v) is 15.5. The van der Waals surface area contributed by atoms with Crippen molar-refractivity contribution in [2.45, 2.75) is 6.04 Å². The van der Waals surface area contributed by atoms with Crippen molar-refractivity contribution in [3.05, 3.63) is 52.1 Å². The van der Waals surface area contributed by atoms with E-state index in [9.17, 15) is 14.0 Å². The van der Waals surface area contributed by atoms with Gasteiger partial charge in [0.05, 0.1) is 6.04 Å². The average molecular weight is 387 g/mol. The van der Waals surface area contributed by atoms with E-state index >= 15 is 0 Å². The summed E-state index contributed by atoms with van der Waals surface area (Å²) >= 11 is 0. The zero-order valence-electron chi connectivity index (χ0n) is 15.5. The van der Waals surface area contributed by atoms with E-state index in [0.717, 1.165) is 5.56 Å². The Morgan fingerprint density at radius 2 is 2.18 bits per heavy atom. The van der Waals surface area contributed by atoms with Crippen LogP contribution in [0.5, 0.6) is 0 Å². The first-order valence-electron chi connectivity index (χ1n) is 9.12. The number of carbonyl (C=O) groups excluding carboxylic acids is 1. The summed E-state index contributed by atoms with van der Waals surface area (Å²) in [6.07, 6.45) is 0. The van der Waals surface area contributed by atoms with Crippen LogP contribution in [0, 0.1) is 17.7 Å². The van der Waals surface area contributed by atoms with Crippen LogP contribution in [0.25, 0.3) is 0 Å². The summed E-state index contributed by atoms with van der Waals surface area (Å²) < 4.78 is 18.9. The third kappa shape index (κ3) is 3.33. The molecule has 2 aliphatic heterocycles. The summed E-state index contributed by atoms with van der Waals surface area (Å²) in [5, 5.41) is 0. The van der Waals surface area contributed by atoms with Crippen LogP contribution in [-0.4, -0.2) is 54.1 Å². The first kappa shape index (κ1) is 18.4. The number of nitrogens with two attached hydrogens (primary N) is 1. The van der Waals surface area contributed by atoms with Crippen LogP contribution in [-0.2, 0) is 9.53 Å². The number of carbonyl (C=O) groups is 1. The number of aromatic amines is 1. The van der Waals surface area contributed by atoms with E-state index in [2.05, 4.69) is 9.97 Å². The summed E-state index contributed by atoms with van der Waals surface area (Å²) in [5.41, 5.74) is 6.13. The molecule has 1 amide bonds. The number of likely N-dealkylation sites (tertiary alicyclic amines) is 1. The summed E-state index contributed by atoms with van der Waals surface area (Å²) in [6.45, 7) is 1.77. The second kappa shape index (κ2) is 7.23. The highest BCUT2D eigenvalue weighted by Gasteiger charge is 2.49. The minimum Gasteiger partial charge on any atom is -0.375 e. The van der Waals surface area contributed by atoms with Gasteiger partial charge in [0.15, 0.2) is 0 Å². The van der Waals surface area contributed by atoms with Crippen LogP contribution in [0.1, 0.15) is 11.6 Å². The Bertz CT molecular complexity index is 949. The lowest BCUT2D eigenvalue weighted by atomic mass is 9.89. The van der Waals surface area contributed by atoms with Gasteiger partial charge in [-0.25, -0.2) is 4.39 Å². The first-order chi connectivity index (χ1) is 13.5. The number of anilines is 2.